The van der Waals surface area contributed by atoms with E-state index in [2.05, 4.69) is 26.8 Å². The highest BCUT2D eigenvalue weighted by atomic mass is 16.3. The number of aromatic hydroxyl groups is 1. The molecule has 2 heterocycles. The van der Waals surface area contributed by atoms with Crippen LogP contribution in [0.1, 0.15) is 107 Å². The summed E-state index contributed by atoms with van der Waals surface area (Å²) in [6.07, 6.45) is 1.57. The van der Waals surface area contributed by atoms with Gasteiger partial charge in [0.25, 0.3) is 0 Å². The van der Waals surface area contributed by atoms with Crippen LogP contribution in [0.5, 0.6) is 5.75 Å². The fourth-order valence-electron chi connectivity index (χ4n) is 7.67. The summed E-state index contributed by atoms with van der Waals surface area (Å²) in [4.78, 5) is 10.0. The Morgan fingerprint density at radius 3 is 2.08 bits per heavy atom. The molecule has 0 radical (unpaired) electrons. The molecule has 6 aromatic carbocycles. The summed E-state index contributed by atoms with van der Waals surface area (Å²) in [6, 6.07) is 27.9. The molecule has 0 aliphatic carbocycles. The van der Waals surface area contributed by atoms with Crippen LogP contribution in [0.3, 0.4) is 0 Å². The molecule has 0 fully saturated rings. The molecule has 4 nitrogen and oxygen atoms in total. The lowest BCUT2D eigenvalue weighted by Gasteiger charge is -2.22. The van der Waals surface area contributed by atoms with E-state index in [0.717, 1.165) is 22.3 Å². The Hall–Kier alpha value is -6.26. The average Bonchev–Trinajstić information content (AvgIpc) is 3.67. The van der Waals surface area contributed by atoms with E-state index in [4.69, 9.17) is 23.7 Å². The number of imidazole rings is 1. The third kappa shape index (κ3) is 7.72. The third-order valence-corrected chi connectivity index (χ3v) is 11.0. The summed E-state index contributed by atoms with van der Waals surface area (Å²) in [5.74, 6) is -1.63. The zero-order valence-electron chi connectivity index (χ0n) is 45.1. The van der Waals surface area contributed by atoms with Gasteiger partial charge in [-0.15, -0.1) is 0 Å². The van der Waals surface area contributed by atoms with Gasteiger partial charge in [-0.05, 0) is 148 Å². The van der Waals surface area contributed by atoms with E-state index in [9.17, 15) is 5.11 Å². The van der Waals surface area contributed by atoms with Crippen LogP contribution in [0, 0.1) is 20.7 Å². The lowest BCUT2D eigenvalue weighted by molar-refractivity contribution is 0.472. The minimum Gasteiger partial charge on any atom is -0.507 e. The Balaban J connectivity index is 1.40. The number of hydrogen-bond donors (Lipinski definition) is 1. The van der Waals surface area contributed by atoms with Gasteiger partial charge in [0.15, 0.2) is 0 Å². The second-order valence-electron chi connectivity index (χ2n) is 16.9. The largest absolute Gasteiger partial charge is 0.507 e. The molecule has 0 aliphatic rings. The summed E-state index contributed by atoms with van der Waals surface area (Å²) in [5, 5.41) is 11.8. The molecule has 296 valence electrons. The maximum absolute atomic E-state index is 11.8. The molecule has 0 saturated carbocycles. The molecular formula is C55H55N3O. The number of para-hydroxylation sites is 1. The number of aryl methyl sites for hydroxylation is 3. The van der Waals surface area contributed by atoms with Crippen LogP contribution in [0.25, 0.3) is 72.7 Å². The molecule has 8 aromatic rings. The van der Waals surface area contributed by atoms with E-state index in [1.807, 2.05) is 80.6 Å². The maximum Gasteiger partial charge on any atom is 0.149 e. The zero-order valence-corrected chi connectivity index (χ0v) is 35.1. The molecular weight excluding hydrogens is 719 g/mol. The van der Waals surface area contributed by atoms with E-state index in [1.54, 1.807) is 62.7 Å². The topological polar surface area (TPSA) is 50.9 Å². The molecule has 8 rings (SSSR count). The van der Waals surface area contributed by atoms with E-state index in [0.29, 0.717) is 72.7 Å². The zero-order chi connectivity index (χ0) is 50.4. The SMILES string of the molecule is [2H]c1c([2H])c([2H])c(-c2ccnc(-c3cc(-c4cccc5c4nc(-c4cc(C)cc(C)c4O)n5-c4ccc(-c5cc(C([2H])(C)C)cc(C([2H])(C)C)c5)cc4C([2H])([2H])[2H])cc(C(C)(C)C)c3)c2)c([2H])c1[2H]. The molecule has 0 amide bonds. The van der Waals surface area contributed by atoms with Gasteiger partial charge < -0.3 is 5.11 Å². The van der Waals surface area contributed by atoms with Crippen molar-refractivity contribution < 1.29 is 18.8 Å². The van der Waals surface area contributed by atoms with Crippen LogP contribution in [0.4, 0.5) is 0 Å². The van der Waals surface area contributed by atoms with E-state index >= 15 is 0 Å². The Morgan fingerprint density at radius 2 is 1.39 bits per heavy atom. The Labute approximate surface area is 364 Å². The van der Waals surface area contributed by atoms with Crippen molar-refractivity contribution in [3.05, 3.63) is 167 Å². The van der Waals surface area contributed by atoms with Crippen LogP contribution in [-0.2, 0) is 5.41 Å². The van der Waals surface area contributed by atoms with E-state index < -0.39 is 36.8 Å². The average molecular weight is 784 g/mol. The molecule has 0 atom stereocenters. The highest BCUT2D eigenvalue weighted by Crippen LogP contribution is 2.42. The fourth-order valence-corrected chi connectivity index (χ4v) is 7.67. The summed E-state index contributed by atoms with van der Waals surface area (Å²) in [7, 11) is 0. The Morgan fingerprint density at radius 1 is 0.678 bits per heavy atom. The molecule has 0 bridgehead atoms. The first-order chi connectivity index (χ1) is 32.0. The predicted octanol–water partition coefficient (Wildman–Crippen LogP) is 14.9. The van der Waals surface area contributed by atoms with Crippen molar-refractivity contribution in [1.29, 1.82) is 0 Å². The van der Waals surface area contributed by atoms with Crippen molar-refractivity contribution in [2.24, 2.45) is 0 Å². The van der Waals surface area contributed by atoms with Gasteiger partial charge in [0.05, 0.1) is 34.8 Å². The lowest BCUT2D eigenvalue weighted by Crippen LogP contribution is -2.11. The van der Waals surface area contributed by atoms with Gasteiger partial charge in [0.2, 0.25) is 0 Å². The lowest BCUT2D eigenvalue weighted by atomic mass is 9.83. The van der Waals surface area contributed by atoms with Crippen LogP contribution in [0.15, 0.2) is 133 Å². The molecule has 59 heavy (non-hydrogen) atoms. The molecule has 0 unspecified atom stereocenters. The van der Waals surface area contributed by atoms with Gasteiger partial charge in [-0.1, -0.05) is 127 Å². The highest BCUT2D eigenvalue weighted by molar-refractivity contribution is 5.97. The first kappa shape index (κ1) is 29.0. The highest BCUT2D eigenvalue weighted by Gasteiger charge is 2.24. The smallest absolute Gasteiger partial charge is 0.149 e. The van der Waals surface area contributed by atoms with Gasteiger partial charge in [-0.2, -0.15) is 0 Å². The summed E-state index contributed by atoms with van der Waals surface area (Å²) >= 11 is 0. The first-order valence-electron chi connectivity index (χ1n) is 24.9. The summed E-state index contributed by atoms with van der Waals surface area (Å²) in [6.45, 7) is 14.6. The van der Waals surface area contributed by atoms with E-state index in [-0.39, 0.29) is 34.4 Å². The van der Waals surface area contributed by atoms with Crippen LogP contribution in [0.2, 0.25) is 0 Å². The minimum atomic E-state index is -2.63. The molecule has 0 aliphatic heterocycles. The van der Waals surface area contributed by atoms with Gasteiger partial charge in [0.1, 0.15) is 11.6 Å². The molecule has 0 spiro atoms. The van der Waals surface area contributed by atoms with Crippen molar-refractivity contribution in [2.45, 2.75) is 86.4 Å². The van der Waals surface area contributed by atoms with E-state index in [1.165, 1.54) is 0 Å². The van der Waals surface area contributed by atoms with Gasteiger partial charge >= 0.3 is 0 Å². The standard InChI is InChI=1S/C55H55N3O/c1-33(2)41-26-42(34(3)4)28-43(27-41)39-19-20-50(36(6)25-39)58-51-18-14-17-47(52(51)57-54(58)48-24-35(5)23-37(7)53(48)59)44-29-45(31-46(30-44)55(8,9)10)49-32-40(21-22-56-49)38-15-12-11-13-16-38/h11-34,59H,1-10H3/i6D3,11D,12D,13D,15D,16D,33D,34D. The summed E-state index contributed by atoms with van der Waals surface area (Å²) < 4.78 is 88.5. The van der Waals surface area contributed by atoms with Crippen LogP contribution in [-0.4, -0.2) is 19.6 Å². The Kier molecular flexibility index (Phi) is 7.62. The van der Waals surface area contributed by atoms with Gasteiger partial charge in [-0.25, -0.2) is 4.98 Å². The number of fused-ring (bicyclic) bond motifs is 1. The van der Waals surface area contributed by atoms with Crippen LogP contribution >= 0.6 is 0 Å². The number of pyridine rings is 1. The fraction of sp³-hybridized carbons (Fsp3) is 0.236. The van der Waals surface area contributed by atoms with Crippen molar-refractivity contribution in [3.63, 3.8) is 0 Å². The van der Waals surface area contributed by atoms with Gasteiger partial charge in [-0.3, -0.25) is 9.55 Å². The van der Waals surface area contributed by atoms with Crippen molar-refractivity contribution >= 4 is 11.0 Å². The van der Waals surface area contributed by atoms with Crippen LogP contribution < -0.4 is 0 Å². The Bertz CT molecular complexity index is 3310. The molecule has 2 aromatic heterocycles. The second-order valence-corrected chi connectivity index (χ2v) is 16.9. The second kappa shape index (κ2) is 15.5. The number of benzene rings is 6. The molecule has 4 heteroatoms. The normalized spacial score (nSPS) is 14.9. The van der Waals surface area contributed by atoms with Crippen molar-refractivity contribution in [2.75, 3.05) is 0 Å². The number of nitrogens with zero attached hydrogens (tertiary/aromatic N) is 3. The van der Waals surface area contributed by atoms with Crippen molar-refractivity contribution in [1.82, 2.24) is 14.5 Å². The minimum absolute atomic E-state index is 0.00760. The third-order valence-electron chi connectivity index (χ3n) is 11.0. The molecule has 1 N–H and O–H groups in total. The number of hydrogen-bond acceptors (Lipinski definition) is 3. The maximum atomic E-state index is 11.8. The first-order valence-corrected chi connectivity index (χ1v) is 19.9. The monoisotopic (exact) mass is 783 g/mol. The number of aromatic nitrogens is 3. The summed E-state index contributed by atoms with van der Waals surface area (Å²) in [5.41, 5.74) is 9.93. The van der Waals surface area contributed by atoms with Gasteiger partial charge in [0, 0.05) is 24.2 Å². The number of phenolic OH excluding ortho intramolecular Hbond substituents is 1. The number of rotatable bonds is 8. The number of phenols is 1. The quantitative estimate of drug-likeness (QED) is 0.167. The predicted molar refractivity (Wildman–Crippen MR) is 249 cm³/mol. The van der Waals surface area contributed by atoms with Crippen molar-refractivity contribution in [3.8, 4) is 67.5 Å². The molecule has 0 saturated heterocycles.